The van der Waals surface area contributed by atoms with Crippen LogP contribution >= 0.6 is 0 Å². The van der Waals surface area contributed by atoms with Gasteiger partial charge in [0.25, 0.3) is 0 Å². The van der Waals surface area contributed by atoms with E-state index in [0.29, 0.717) is 12.5 Å². The van der Waals surface area contributed by atoms with Crippen LogP contribution < -0.4 is 16.8 Å². The summed E-state index contributed by atoms with van der Waals surface area (Å²) in [5, 5.41) is 3.13. The van der Waals surface area contributed by atoms with Crippen molar-refractivity contribution < 1.29 is 4.79 Å². The number of hydrogen-bond acceptors (Lipinski definition) is 3. The standard InChI is InChI=1S/C7H15N3O/c1-4-2-5(7(9)11)3-6(8)10-4/h4-6,10H,2-3,8H2,1H3,(H2,9,11). The fourth-order valence-electron chi connectivity index (χ4n) is 1.56. The summed E-state index contributed by atoms with van der Waals surface area (Å²) < 4.78 is 0. The Labute approximate surface area is 66.3 Å². The Hall–Kier alpha value is -0.610. The van der Waals surface area contributed by atoms with Crippen molar-refractivity contribution in [1.29, 1.82) is 0 Å². The summed E-state index contributed by atoms with van der Waals surface area (Å²) >= 11 is 0. The molecule has 0 aromatic rings. The summed E-state index contributed by atoms with van der Waals surface area (Å²) in [6.07, 6.45) is 1.40. The van der Waals surface area contributed by atoms with Gasteiger partial charge in [0.1, 0.15) is 0 Å². The summed E-state index contributed by atoms with van der Waals surface area (Å²) in [4.78, 5) is 10.8. The molecular weight excluding hydrogens is 142 g/mol. The Balaban J connectivity index is 2.49. The molecule has 0 aromatic heterocycles. The normalized spacial score (nSPS) is 38.5. The minimum Gasteiger partial charge on any atom is -0.369 e. The molecule has 1 amide bonds. The van der Waals surface area contributed by atoms with E-state index in [-0.39, 0.29) is 18.0 Å². The van der Waals surface area contributed by atoms with E-state index in [2.05, 4.69) is 5.32 Å². The van der Waals surface area contributed by atoms with Gasteiger partial charge in [-0.1, -0.05) is 0 Å². The van der Waals surface area contributed by atoms with Crippen molar-refractivity contribution in [3.63, 3.8) is 0 Å². The molecular formula is C7H15N3O. The van der Waals surface area contributed by atoms with Gasteiger partial charge in [0.2, 0.25) is 5.91 Å². The molecule has 64 valence electrons. The third kappa shape index (κ3) is 2.17. The number of primary amides is 1. The second kappa shape index (κ2) is 3.19. The van der Waals surface area contributed by atoms with E-state index in [1.165, 1.54) is 0 Å². The molecule has 1 rings (SSSR count). The van der Waals surface area contributed by atoms with Gasteiger partial charge >= 0.3 is 0 Å². The highest BCUT2D eigenvalue weighted by molar-refractivity contribution is 5.76. The average Bonchev–Trinajstić information content (AvgIpc) is 1.85. The molecule has 4 nitrogen and oxygen atoms in total. The van der Waals surface area contributed by atoms with Crippen LogP contribution in [0.2, 0.25) is 0 Å². The Morgan fingerprint density at radius 3 is 2.64 bits per heavy atom. The third-order valence-electron chi connectivity index (χ3n) is 2.08. The van der Waals surface area contributed by atoms with Crippen LogP contribution in [-0.4, -0.2) is 18.1 Å². The maximum absolute atomic E-state index is 10.8. The van der Waals surface area contributed by atoms with Gasteiger partial charge in [0, 0.05) is 12.0 Å². The molecule has 3 unspecified atom stereocenters. The number of hydrogen-bond donors (Lipinski definition) is 3. The van der Waals surface area contributed by atoms with Crippen LogP contribution in [0.5, 0.6) is 0 Å². The van der Waals surface area contributed by atoms with Crippen molar-refractivity contribution in [2.75, 3.05) is 0 Å². The number of piperidine rings is 1. The highest BCUT2D eigenvalue weighted by Gasteiger charge is 2.26. The summed E-state index contributed by atoms with van der Waals surface area (Å²) in [5.41, 5.74) is 10.8. The summed E-state index contributed by atoms with van der Waals surface area (Å²) in [6, 6.07) is 0.302. The quantitative estimate of drug-likeness (QED) is 0.463. The van der Waals surface area contributed by atoms with E-state index in [9.17, 15) is 4.79 Å². The molecule has 4 heteroatoms. The smallest absolute Gasteiger partial charge is 0.220 e. The number of amides is 1. The van der Waals surface area contributed by atoms with Crippen molar-refractivity contribution in [3.05, 3.63) is 0 Å². The molecule has 0 saturated carbocycles. The highest BCUT2D eigenvalue weighted by Crippen LogP contribution is 2.17. The first-order valence-corrected chi connectivity index (χ1v) is 3.90. The molecule has 1 saturated heterocycles. The van der Waals surface area contributed by atoms with Crippen LogP contribution in [0.1, 0.15) is 19.8 Å². The average molecular weight is 157 g/mol. The van der Waals surface area contributed by atoms with Crippen LogP contribution in [0.3, 0.4) is 0 Å². The summed E-state index contributed by atoms with van der Waals surface area (Å²) in [5.74, 6) is -0.268. The summed E-state index contributed by atoms with van der Waals surface area (Å²) in [6.45, 7) is 2.01. The molecule has 0 aliphatic carbocycles. The third-order valence-corrected chi connectivity index (χ3v) is 2.08. The van der Waals surface area contributed by atoms with Crippen LogP contribution in [0.25, 0.3) is 0 Å². The Kier molecular flexibility index (Phi) is 2.46. The minimum atomic E-state index is -0.228. The number of rotatable bonds is 1. The van der Waals surface area contributed by atoms with Crippen LogP contribution in [-0.2, 0) is 4.79 Å². The van der Waals surface area contributed by atoms with E-state index in [0.717, 1.165) is 6.42 Å². The van der Waals surface area contributed by atoms with Crippen molar-refractivity contribution in [2.45, 2.75) is 32.0 Å². The molecule has 0 spiro atoms. The lowest BCUT2D eigenvalue weighted by Gasteiger charge is -2.30. The Bertz CT molecular complexity index is 150. The van der Waals surface area contributed by atoms with Crippen molar-refractivity contribution in [3.8, 4) is 0 Å². The first-order chi connectivity index (χ1) is 5.09. The van der Waals surface area contributed by atoms with E-state index in [1.54, 1.807) is 0 Å². The molecule has 1 aliphatic heterocycles. The van der Waals surface area contributed by atoms with Crippen LogP contribution in [0.4, 0.5) is 0 Å². The summed E-state index contributed by atoms with van der Waals surface area (Å²) in [7, 11) is 0. The van der Waals surface area contributed by atoms with Gasteiger partial charge in [0.05, 0.1) is 6.17 Å². The zero-order chi connectivity index (χ0) is 8.43. The molecule has 0 aromatic carbocycles. The molecule has 5 N–H and O–H groups in total. The zero-order valence-corrected chi connectivity index (χ0v) is 6.71. The van der Waals surface area contributed by atoms with Crippen molar-refractivity contribution in [2.24, 2.45) is 17.4 Å². The lowest BCUT2D eigenvalue weighted by molar-refractivity contribution is -0.123. The Morgan fingerprint density at radius 2 is 2.18 bits per heavy atom. The van der Waals surface area contributed by atoms with E-state index in [4.69, 9.17) is 11.5 Å². The molecule has 1 aliphatic rings. The molecule has 1 fully saturated rings. The lowest BCUT2D eigenvalue weighted by atomic mass is 9.91. The highest BCUT2D eigenvalue weighted by atomic mass is 16.1. The van der Waals surface area contributed by atoms with Gasteiger partial charge in [0.15, 0.2) is 0 Å². The maximum atomic E-state index is 10.8. The van der Waals surface area contributed by atoms with E-state index >= 15 is 0 Å². The van der Waals surface area contributed by atoms with Crippen LogP contribution in [0, 0.1) is 5.92 Å². The monoisotopic (exact) mass is 157 g/mol. The topological polar surface area (TPSA) is 81.1 Å². The van der Waals surface area contributed by atoms with Crippen LogP contribution in [0.15, 0.2) is 0 Å². The molecule has 0 radical (unpaired) electrons. The number of nitrogens with two attached hydrogens (primary N) is 2. The molecule has 11 heavy (non-hydrogen) atoms. The van der Waals surface area contributed by atoms with Crippen molar-refractivity contribution >= 4 is 5.91 Å². The van der Waals surface area contributed by atoms with Gasteiger partial charge in [-0.3, -0.25) is 10.1 Å². The van der Waals surface area contributed by atoms with Gasteiger partial charge in [-0.15, -0.1) is 0 Å². The molecule has 3 atom stereocenters. The molecule has 1 heterocycles. The number of carbonyl (C=O) groups is 1. The fraction of sp³-hybridized carbons (Fsp3) is 0.857. The van der Waals surface area contributed by atoms with Crippen molar-refractivity contribution in [1.82, 2.24) is 5.32 Å². The second-order valence-corrected chi connectivity index (χ2v) is 3.24. The predicted molar refractivity (Wildman–Crippen MR) is 42.5 cm³/mol. The predicted octanol–water partition coefficient (Wildman–Crippen LogP) is -0.855. The largest absolute Gasteiger partial charge is 0.369 e. The van der Waals surface area contributed by atoms with Gasteiger partial charge < -0.3 is 11.5 Å². The SMILES string of the molecule is CC1CC(C(N)=O)CC(N)N1. The Morgan fingerprint density at radius 1 is 1.55 bits per heavy atom. The zero-order valence-electron chi connectivity index (χ0n) is 6.71. The number of nitrogens with one attached hydrogen (secondary N) is 1. The van der Waals surface area contributed by atoms with E-state index < -0.39 is 0 Å². The first kappa shape index (κ1) is 8.49. The van der Waals surface area contributed by atoms with Gasteiger partial charge in [-0.2, -0.15) is 0 Å². The fourth-order valence-corrected chi connectivity index (χ4v) is 1.56. The molecule has 0 bridgehead atoms. The first-order valence-electron chi connectivity index (χ1n) is 3.90. The lowest BCUT2D eigenvalue weighted by Crippen LogP contribution is -2.51. The van der Waals surface area contributed by atoms with Gasteiger partial charge in [-0.25, -0.2) is 0 Å². The number of carbonyl (C=O) groups excluding carboxylic acids is 1. The van der Waals surface area contributed by atoms with Gasteiger partial charge in [-0.05, 0) is 19.8 Å². The minimum absolute atomic E-state index is 0.0405. The maximum Gasteiger partial charge on any atom is 0.220 e. The van der Waals surface area contributed by atoms with E-state index in [1.807, 2.05) is 6.92 Å². The second-order valence-electron chi connectivity index (χ2n) is 3.24.